The monoisotopic (exact) mass is 209 g/mol. The van der Waals surface area contributed by atoms with E-state index < -0.39 is 0 Å². The minimum absolute atomic E-state index is 0.114. The Hall–Kier alpha value is -0.670. The number of carbonyl (C=O) groups is 1. The van der Waals surface area contributed by atoms with Crippen LogP contribution in [0, 0.1) is 5.41 Å². The fraction of sp³-hybridized carbons (Fsp3) is 0.545. The maximum atomic E-state index is 11.8. The first kappa shape index (κ1) is 9.87. The van der Waals surface area contributed by atoms with Crippen LogP contribution < -0.4 is 5.73 Å². The highest BCUT2D eigenvalue weighted by Crippen LogP contribution is 2.46. The van der Waals surface area contributed by atoms with Crippen LogP contribution >= 0.6 is 11.3 Å². The number of thiophene rings is 1. The fourth-order valence-electron chi connectivity index (χ4n) is 1.70. The molecular weight excluding hydrogens is 194 g/mol. The van der Waals surface area contributed by atoms with Crippen LogP contribution in [0.4, 0.5) is 0 Å². The summed E-state index contributed by atoms with van der Waals surface area (Å²) in [6.45, 7) is 0.538. The van der Waals surface area contributed by atoms with Crippen molar-refractivity contribution in [2.24, 2.45) is 11.1 Å². The lowest BCUT2D eigenvalue weighted by Crippen LogP contribution is -2.25. The van der Waals surface area contributed by atoms with Crippen molar-refractivity contribution in [3.05, 3.63) is 22.4 Å². The molecule has 1 aromatic rings. The lowest BCUT2D eigenvalue weighted by molar-refractivity contribution is -0.123. The summed E-state index contributed by atoms with van der Waals surface area (Å²) in [6, 6.07) is 4.11. The summed E-state index contributed by atoms with van der Waals surface area (Å²) in [5, 5.41) is 2.05. The van der Waals surface area contributed by atoms with Gasteiger partial charge in [0.2, 0.25) is 0 Å². The van der Waals surface area contributed by atoms with Gasteiger partial charge in [-0.05, 0) is 30.7 Å². The number of carbonyl (C=O) groups excluding carboxylic acids is 1. The van der Waals surface area contributed by atoms with E-state index in [4.69, 9.17) is 5.73 Å². The Kier molecular flexibility index (Phi) is 2.70. The van der Waals surface area contributed by atoms with E-state index in [-0.39, 0.29) is 5.41 Å². The molecule has 3 heteroatoms. The van der Waals surface area contributed by atoms with Crippen LogP contribution in [0.3, 0.4) is 0 Å². The van der Waals surface area contributed by atoms with E-state index >= 15 is 0 Å². The van der Waals surface area contributed by atoms with Crippen LogP contribution in [0.5, 0.6) is 0 Å². The van der Waals surface area contributed by atoms with Gasteiger partial charge in [0.25, 0.3) is 0 Å². The Bertz CT molecular complexity index is 314. The predicted molar refractivity (Wildman–Crippen MR) is 58.4 cm³/mol. The SMILES string of the molecule is NCC1(C(=O)CCc2cccs2)CC1. The second-order valence-electron chi connectivity index (χ2n) is 3.99. The summed E-state index contributed by atoms with van der Waals surface area (Å²) < 4.78 is 0. The van der Waals surface area contributed by atoms with Crippen LogP contribution in [-0.4, -0.2) is 12.3 Å². The van der Waals surface area contributed by atoms with Crippen molar-refractivity contribution in [1.29, 1.82) is 0 Å². The molecule has 1 fully saturated rings. The molecule has 2 nitrogen and oxygen atoms in total. The summed E-state index contributed by atoms with van der Waals surface area (Å²) in [6.07, 6.45) is 3.56. The van der Waals surface area contributed by atoms with Gasteiger partial charge in [0, 0.05) is 23.3 Å². The molecular formula is C11H15NOS. The van der Waals surface area contributed by atoms with E-state index in [0.717, 1.165) is 19.3 Å². The minimum Gasteiger partial charge on any atom is -0.329 e. The normalized spacial score (nSPS) is 18.1. The smallest absolute Gasteiger partial charge is 0.140 e. The van der Waals surface area contributed by atoms with E-state index in [9.17, 15) is 4.79 Å². The zero-order valence-corrected chi connectivity index (χ0v) is 8.98. The third-order valence-electron chi connectivity index (χ3n) is 3.01. The molecule has 0 aliphatic heterocycles. The third-order valence-corrected chi connectivity index (χ3v) is 3.95. The van der Waals surface area contributed by atoms with Gasteiger partial charge in [-0.3, -0.25) is 4.79 Å². The van der Waals surface area contributed by atoms with Gasteiger partial charge in [0.1, 0.15) is 5.78 Å². The number of nitrogens with two attached hydrogens (primary N) is 1. The molecule has 0 amide bonds. The van der Waals surface area contributed by atoms with Crippen molar-refractivity contribution >= 4 is 17.1 Å². The van der Waals surface area contributed by atoms with Crippen LogP contribution in [0.15, 0.2) is 17.5 Å². The van der Waals surface area contributed by atoms with Crippen LogP contribution in [0.25, 0.3) is 0 Å². The summed E-state index contributed by atoms with van der Waals surface area (Å²) >= 11 is 1.72. The molecule has 76 valence electrons. The number of ketones is 1. The van der Waals surface area contributed by atoms with E-state index in [0.29, 0.717) is 18.7 Å². The Morgan fingerprint density at radius 1 is 1.57 bits per heavy atom. The molecule has 0 atom stereocenters. The lowest BCUT2D eigenvalue weighted by Gasteiger charge is -2.09. The van der Waals surface area contributed by atoms with Crippen molar-refractivity contribution < 1.29 is 4.79 Å². The first-order valence-corrected chi connectivity index (χ1v) is 5.90. The molecule has 0 unspecified atom stereocenters. The molecule has 14 heavy (non-hydrogen) atoms. The minimum atomic E-state index is -0.114. The molecule has 0 radical (unpaired) electrons. The largest absolute Gasteiger partial charge is 0.329 e. The average molecular weight is 209 g/mol. The molecule has 1 saturated carbocycles. The van der Waals surface area contributed by atoms with Gasteiger partial charge < -0.3 is 5.73 Å². The first-order chi connectivity index (χ1) is 6.77. The first-order valence-electron chi connectivity index (χ1n) is 5.03. The van der Waals surface area contributed by atoms with Gasteiger partial charge in [-0.15, -0.1) is 11.3 Å². The Morgan fingerprint density at radius 3 is 2.86 bits per heavy atom. The summed E-state index contributed by atoms with van der Waals surface area (Å²) in [7, 11) is 0. The molecule has 0 saturated heterocycles. The highest BCUT2D eigenvalue weighted by atomic mass is 32.1. The highest BCUT2D eigenvalue weighted by Gasteiger charge is 2.47. The second-order valence-corrected chi connectivity index (χ2v) is 5.02. The predicted octanol–water partition coefficient (Wildman–Crippen LogP) is 1.99. The van der Waals surface area contributed by atoms with Crippen molar-refractivity contribution in [3.63, 3.8) is 0 Å². The molecule has 0 aromatic carbocycles. The van der Waals surface area contributed by atoms with E-state index in [1.54, 1.807) is 11.3 Å². The van der Waals surface area contributed by atoms with Crippen LogP contribution in [-0.2, 0) is 11.2 Å². The van der Waals surface area contributed by atoms with E-state index in [1.165, 1.54) is 4.88 Å². The molecule has 2 N–H and O–H groups in total. The van der Waals surface area contributed by atoms with Gasteiger partial charge in [-0.25, -0.2) is 0 Å². The van der Waals surface area contributed by atoms with E-state index in [1.807, 2.05) is 6.07 Å². The summed E-state index contributed by atoms with van der Waals surface area (Å²) in [4.78, 5) is 13.1. The van der Waals surface area contributed by atoms with Crippen molar-refractivity contribution in [2.75, 3.05) is 6.54 Å². The Labute approximate surface area is 88.1 Å². The summed E-state index contributed by atoms with van der Waals surface area (Å²) in [5.74, 6) is 0.369. The van der Waals surface area contributed by atoms with Crippen molar-refractivity contribution in [3.8, 4) is 0 Å². The topological polar surface area (TPSA) is 43.1 Å². The molecule has 1 heterocycles. The number of hydrogen-bond acceptors (Lipinski definition) is 3. The molecule has 1 aromatic heterocycles. The molecule has 0 bridgehead atoms. The number of aryl methyl sites for hydroxylation is 1. The second kappa shape index (κ2) is 3.83. The lowest BCUT2D eigenvalue weighted by atomic mass is 9.97. The molecule has 2 rings (SSSR count). The number of hydrogen-bond donors (Lipinski definition) is 1. The maximum absolute atomic E-state index is 11.8. The van der Waals surface area contributed by atoms with Gasteiger partial charge in [0.15, 0.2) is 0 Å². The van der Waals surface area contributed by atoms with Gasteiger partial charge in [-0.1, -0.05) is 6.07 Å². The maximum Gasteiger partial charge on any atom is 0.140 e. The van der Waals surface area contributed by atoms with Crippen molar-refractivity contribution in [2.45, 2.75) is 25.7 Å². The highest BCUT2D eigenvalue weighted by molar-refractivity contribution is 7.09. The Morgan fingerprint density at radius 2 is 2.36 bits per heavy atom. The molecule has 1 aliphatic carbocycles. The third kappa shape index (κ3) is 1.88. The molecule has 0 spiro atoms. The number of rotatable bonds is 5. The zero-order valence-electron chi connectivity index (χ0n) is 8.16. The fourth-order valence-corrected chi connectivity index (χ4v) is 2.41. The van der Waals surface area contributed by atoms with Gasteiger partial charge >= 0.3 is 0 Å². The number of Topliss-reactive ketones (excluding diaryl/α,β-unsaturated/α-hetero) is 1. The van der Waals surface area contributed by atoms with E-state index in [2.05, 4.69) is 11.4 Å². The average Bonchev–Trinajstić information content (AvgIpc) is 2.84. The van der Waals surface area contributed by atoms with Crippen LogP contribution in [0.1, 0.15) is 24.1 Å². The van der Waals surface area contributed by atoms with Gasteiger partial charge in [-0.2, -0.15) is 0 Å². The van der Waals surface area contributed by atoms with Gasteiger partial charge in [0.05, 0.1) is 0 Å². The Balaban J connectivity index is 1.84. The quantitative estimate of drug-likeness (QED) is 0.806. The zero-order chi connectivity index (χ0) is 10.0. The van der Waals surface area contributed by atoms with Crippen molar-refractivity contribution in [1.82, 2.24) is 0 Å². The van der Waals surface area contributed by atoms with Crippen LogP contribution in [0.2, 0.25) is 0 Å². The molecule has 1 aliphatic rings. The standard InChI is InChI=1S/C11H15NOS/c12-8-11(5-6-11)10(13)4-3-9-2-1-7-14-9/h1-2,7H,3-6,8,12H2. The summed E-state index contributed by atoms with van der Waals surface area (Å²) in [5.41, 5.74) is 5.49.